The average molecular weight is 269 g/mol. The second-order valence-electron chi connectivity index (χ2n) is 4.38. The molecule has 0 spiro atoms. The third kappa shape index (κ3) is 2.42. The van der Waals surface area contributed by atoms with Crippen LogP contribution in [0.1, 0.15) is 5.56 Å². The smallest absolute Gasteiger partial charge is 0.133 e. The molecule has 0 aliphatic heterocycles. The van der Waals surface area contributed by atoms with Gasteiger partial charge in [0.25, 0.3) is 0 Å². The number of aryl methyl sites for hydroxylation is 1. The molecule has 0 atom stereocenters. The first-order chi connectivity index (χ1) is 9.24. The van der Waals surface area contributed by atoms with Gasteiger partial charge in [-0.2, -0.15) is 0 Å². The maximum atomic E-state index is 13.7. The van der Waals surface area contributed by atoms with Crippen molar-refractivity contribution in [2.45, 2.75) is 6.92 Å². The van der Waals surface area contributed by atoms with Crippen molar-refractivity contribution in [3.63, 3.8) is 0 Å². The Balaban J connectivity index is 2.00. The van der Waals surface area contributed by atoms with Crippen LogP contribution in [0.3, 0.4) is 0 Å². The van der Waals surface area contributed by atoms with E-state index in [0.29, 0.717) is 10.6 Å². The van der Waals surface area contributed by atoms with E-state index in [-0.39, 0.29) is 5.82 Å². The van der Waals surface area contributed by atoms with Gasteiger partial charge in [0, 0.05) is 16.5 Å². The molecular formula is C16H12FNS. The molecular weight excluding hydrogens is 257 g/mol. The van der Waals surface area contributed by atoms with E-state index >= 15 is 0 Å². The predicted octanol–water partition coefficient (Wildman–Crippen LogP) is 4.92. The van der Waals surface area contributed by atoms with Crippen LogP contribution in [-0.4, -0.2) is 4.98 Å². The van der Waals surface area contributed by atoms with Gasteiger partial charge in [0.05, 0.1) is 5.69 Å². The number of benzene rings is 2. The number of hydrogen-bond donors (Lipinski definition) is 0. The number of nitrogens with zero attached hydrogens (tertiary/aromatic N) is 1. The zero-order valence-electron chi connectivity index (χ0n) is 10.4. The van der Waals surface area contributed by atoms with Gasteiger partial charge in [-0.3, -0.25) is 0 Å². The monoisotopic (exact) mass is 269 g/mol. The minimum absolute atomic E-state index is 0.229. The fraction of sp³-hybridized carbons (Fsp3) is 0.0625. The van der Waals surface area contributed by atoms with Crippen molar-refractivity contribution in [1.29, 1.82) is 0 Å². The van der Waals surface area contributed by atoms with E-state index in [0.717, 1.165) is 11.3 Å². The van der Waals surface area contributed by atoms with Crippen molar-refractivity contribution in [3.05, 3.63) is 65.3 Å². The van der Waals surface area contributed by atoms with Crippen LogP contribution in [0.25, 0.3) is 21.8 Å². The van der Waals surface area contributed by atoms with Crippen LogP contribution in [0.4, 0.5) is 4.39 Å². The molecule has 1 aromatic heterocycles. The topological polar surface area (TPSA) is 12.9 Å². The fourth-order valence-corrected chi connectivity index (χ4v) is 2.74. The van der Waals surface area contributed by atoms with Gasteiger partial charge in [0.1, 0.15) is 10.8 Å². The number of hydrogen-bond acceptors (Lipinski definition) is 2. The first kappa shape index (κ1) is 12.1. The van der Waals surface area contributed by atoms with Crippen molar-refractivity contribution in [2.24, 2.45) is 0 Å². The molecule has 0 aliphatic carbocycles. The van der Waals surface area contributed by atoms with E-state index in [1.807, 2.05) is 23.6 Å². The highest BCUT2D eigenvalue weighted by atomic mass is 32.1. The maximum absolute atomic E-state index is 13.7. The Kier molecular flexibility index (Phi) is 3.13. The van der Waals surface area contributed by atoms with Crippen molar-refractivity contribution in [1.82, 2.24) is 4.98 Å². The zero-order valence-corrected chi connectivity index (χ0v) is 11.2. The third-order valence-electron chi connectivity index (χ3n) is 2.96. The molecule has 0 saturated heterocycles. The average Bonchev–Trinajstić information content (AvgIpc) is 2.89. The van der Waals surface area contributed by atoms with Crippen LogP contribution in [0.2, 0.25) is 0 Å². The number of thiazole rings is 1. The Morgan fingerprint density at radius 1 is 1.00 bits per heavy atom. The summed E-state index contributed by atoms with van der Waals surface area (Å²) in [4.78, 5) is 4.52. The highest BCUT2D eigenvalue weighted by molar-refractivity contribution is 7.13. The Morgan fingerprint density at radius 2 is 1.74 bits per heavy atom. The third-order valence-corrected chi connectivity index (χ3v) is 3.83. The van der Waals surface area contributed by atoms with Crippen LogP contribution in [-0.2, 0) is 0 Å². The highest BCUT2D eigenvalue weighted by Gasteiger charge is 2.09. The van der Waals surface area contributed by atoms with Gasteiger partial charge >= 0.3 is 0 Å². The molecule has 0 amide bonds. The van der Waals surface area contributed by atoms with E-state index in [1.165, 1.54) is 23.0 Å². The van der Waals surface area contributed by atoms with Crippen molar-refractivity contribution >= 4 is 11.3 Å². The summed E-state index contributed by atoms with van der Waals surface area (Å²) in [5.74, 6) is -0.229. The minimum Gasteiger partial charge on any atom is -0.236 e. The lowest BCUT2D eigenvalue weighted by Crippen LogP contribution is -1.83. The Hall–Kier alpha value is -2.00. The van der Waals surface area contributed by atoms with Crippen LogP contribution in [0, 0.1) is 12.7 Å². The van der Waals surface area contributed by atoms with Crippen molar-refractivity contribution in [2.75, 3.05) is 0 Å². The first-order valence-electron chi connectivity index (χ1n) is 6.01. The largest absolute Gasteiger partial charge is 0.236 e. The molecule has 3 heteroatoms. The summed E-state index contributed by atoms with van der Waals surface area (Å²) in [6.07, 6.45) is 0. The summed E-state index contributed by atoms with van der Waals surface area (Å²) >= 11 is 1.46. The van der Waals surface area contributed by atoms with Gasteiger partial charge in [0.15, 0.2) is 0 Å². The van der Waals surface area contributed by atoms with E-state index in [2.05, 4.69) is 24.0 Å². The zero-order chi connectivity index (χ0) is 13.2. The lowest BCUT2D eigenvalue weighted by molar-refractivity contribution is 0.631. The summed E-state index contributed by atoms with van der Waals surface area (Å²) in [5.41, 5.74) is 3.73. The van der Waals surface area contributed by atoms with E-state index in [4.69, 9.17) is 0 Å². The number of halogens is 1. The van der Waals surface area contributed by atoms with Gasteiger partial charge in [-0.05, 0) is 19.1 Å². The summed E-state index contributed by atoms with van der Waals surface area (Å²) < 4.78 is 13.7. The van der Waals surface area contributed by atoms with Crippen molar-refractivity contribution in [3.8, 4) is 21.8 Å². The quantitative estimate of drug-likeness (QED) is 0.643. The Bertz CT molecular complexity index is 701. The van der Waals surface area contributed by atoms with E-state index in [9.17, 15) is 4.39 Å². The first-order valence-corrected chi connectivity index (χ1v) is 6.89. The molecule has 1 nitrogen and oxygen atoms in total. The van der Waals surface area contributed by atoms with Gasteiger partial charge in [-0.1, -0.05) is 42.0 Å². The fourth-order valence-electron chi connectivity index (χ4n) is 1.89. The molecule has 2 aromatic carbocycles. The van der Waals surface area contributed by atoms with Gasteiger partial charge in [-0.15, -0.1) is 11.3 Å². The molecule has 3 rings (SSSR count). The second-order valence-corrected chi connectivity index (χ2v) is 5.24. The lowest BCUT2D eigenvalue weighted by Gasteiger charge is -1.99. The van der Waals surface area contributed by atoms with Gasteiger partial charge in [-0.25, -0.2) is 9.37 Å². The minimum atomic E-state index is -0.229. The summed E-state index contributed by atoms with van der Waals surface area (Å²) in [7, 11) is 0. The van der Waals surface area contributed by atoms with Crippen LogP contribution in [0.5, 0.6) is 0 Å². The van der Waals surface area contributed by atoms with Crippen LogP contribution < -0.4 is 0 Å². The molecule has 0 N–H and O–H groups in total. The molecule has 94 valence electrons. The summed E-state index contributed by atoms with van der Waals surface area (Å²) in [5, 5.41) is 2.68. The second kappa shape index (κ2) is 4.94. The molecule has 3 aromatic rings. The predicted molar refractivity (Wildman–Crippen MR) is 77.7 cm³/mol. The molecule has 0 unspecified atom stereocenters. The molecule has 0 saturated carbocycles. The molecule has 0 bridgehead atoms. The molecule has 0 fully saturated rings. The molecule has 0 aliphatic rings. The molecule has 1 heterocycles. The normalized spacial score (nSPS) is 10.6. The maximum Gasteiger partial charge on any atom is 0.133 e. The summed E-state index contributed by atoms with van der Waals surface area (Å²) in [6, 6.07) is 14.9. The lowest BCUT2D eigenvalue weighted by atomic mass is 10.1. The van der Waals surface area contributed by atoms with E-state index in [1.54, 1.807) is 12.1 Å². The Morgan fingerprint density at radius 3 is 2.47 bits per heavy atom. The van der Waals surface area contributed by atoms with Crippen molar-refractivity contribution < 1.29 is 4.39 Å². The number of rotatable bonds is 2. The van der Waals surface area contributed by atoms with Gasteiger partial charge < -0.3 is 0 Å². The van der Waals surface area contributed by atoms with Crippen LogP contribution in [0.15, 0.2) is 53.9 Å². The Labute approximate surface area is 115 Å². The standard InChI is InChI=1S/C16H12FNS/c1-11-6-8-12(9-7-11)15-10-19-16(18-15)13-4-2-3-5-14(13)17/h2-10H,1H3. The SMILES string of the molecule is Cc1ccc(-c2csc(-c3ccccc3F)n2)cc1. The molecule has 19 heavy (non-hydrogen) atoms. The highest BCUT2D eigenvalue weighted by Crippen LogP contribution is 2.30. The number of aromatic nitrogens is 1. The molecule has 0 radical (unpaired) electrons. The van der Waals surface area contributed by atoms with Gasteiger partial charge in [0.2, 0.25) is 0 Å². The van der Waals surface area contributed by atoms with E-state index < -0.39 is 0 Å². The van der Waals surface area contributed by atoms with Crippen LogP contribution >= 0.6 is 11.3 Å². The summed E-state index contributed by atoms with van der Waals surface area (Å²) in [6.45, 7) is 2.05.